The van der Waals surface area contributed by atoms with E-state index in [1.54, 1.807) is 29.4 Å². The van der Waals surface area contributed by atoms with Gasteiger partial charge in [-0.25, -0.2) is 4.98 Å². The van der Waals surface area contributed by atoms with Crippen LogP contribution in [0, 0.1) is 6.92 Å². The zero-order valence-electron chi connectivity index (χ0n) is 18.8. The number of nitrogens with zero attached hydrogens (tertiary/aromatic N) is 2. The number of ether oxygens (including phenoxy) is 3. The standard InChI is InChI=1S/C25H28N2O5S/c1-17-26-22(16-33-17)18-6-8-19(9-7-18)31-15-25(29)27-12-10-23(28)24(11-13-27)32-21-5-3-4-20(14-21)30-2/h3-9,14,16,23-24,28H,10-13,15H2,1-2H3/t23-,24-/m0/s1. The lowest BCUT2D eigenvalue weighted by Gasteiger charge is -2.22. The van der Waals surface area contributed by atoms with Crippen LogP contribution in [0.15, 0.2) is 53.9 Å². The highest BCUT2D eigenvalue weighted by Crippen LogP contribution is 2.25. The lowest BCUT2D eigenvalue weighted by Crippen LogP contribution is -2.36. The third-order valence-electron chi connectivity index (χ3n) is 5.62. The highest BCUT2D eigenvalue weighted by Gasteiger charge is 2.28. The van der Waals surface area contributed by atoms with Crippen LogP contribution in [0.5, 0.6) is 17.2 Å². The molecule has 1 aliphatic rings. The van der Waals surface area contributed by atoms with Gasteiger partial charge in [-0.1, -0.05) is 6.07 Å². The average Bonchev–Trinajstić information content (AvgIpc) is 3.19. The van der Waals surface area contributed by atoms with Gasteiger partial charge in [-0.3, -0.25) is 4.79 Å². The van der Waals surface area contributed by atoms with Crippen LogP contribution in [0.1, 0.15) is 17.8 Å². The molecule has 1 fully saturated rings. The number of hydrogen-bond donors (Lipinski definition) is 1. The van der Waals surface area contributed by atoms with E-state index in [9.17, 15) is 9.90 Å². The zero-order valence-corrected chi connectivity index (χ0v) is 19.6. The lowest BCUT2D eigenvalue weighted by atomic mass is 10.1. The normalized spacial score (nSPS) is 18.5. The fraction of sp³-hybridized carbons (Fsp3) is 0.360. The van der Waals surface area contributed by atoms with Crippen LogP contribution in [0.3, 0.4) is 0 Å². The molecule has 7 nitrogen and oxygen atoms in total. The van der Waals surface area contributed by atoms with Crippen LogP contribution in [-0.4, -0.2) is 59.9 Å². The molecule has 0 spiro atoms. The number of carbonyl (C=O) groups is 1. The maximum Gasteiger partial charge on any atom is 0.260 e. The van der Waals surface area contributed by atoms with Gasteiger partial charge in [0.1, 0.15) is 23.4 Å². The second kappa shape index (κ2) is 10.7. The van der Waals surface area contributed by atoms with Gasteiger partial charge in [0.05, 0.1) is 23.9 Å². The van der Waals surface area contributed by atoms with Crippen LogP contribution in [0.4, 0.5) is 0 Å². The van der Waals surface area contributed by atoms with Gasteiger partial charge in [0.15, 0.2) is 6.61 Å². The number of methoxy groups -OCH3 is 1. The number of aromatic nitrogens is 1. The van der Waals surface area contributed by atoms with E-state index in [2.05, 4.69) is 4.98 Å². The summed E-state index contributed by atoms with van der Waals surface area (Å²) in [5, 5.41) is 13.6. The summed E-state index contributed by atoms with van der Waals surface area (Å²) in [6.45, 7) is 2.89. The van der Waals surface area contributed by atoms with Crippen LogP contribution in [0.25, 0.3) is 11.3 Å². The van der Waals surface area contributed by atoms with Crippen molar-refractivity contribution in [1.82, 2.24) is 9.88 Å². The number of benzene rings is 2. The van der Waals surface area contributed by atoms with Crippen molar-refractivity contribution in [3.05, 3.63) is 58.9 Å². The van der Waals surface area contributed by atoms with Crippen molar-refractivity contribution in [2.24, 2.45) is 0 Å². The zero-order chi connectivity index (χ0) is 23.2. The van der Waals surface area contributed by atoms with Crippen molar-refractivity contribution >= 4 is 17.2 Å². The maximum absolute atomic E-state index is 12.7. The molecule has 8 heteroatoms. The highest BCUT2D eigenvalue weighted by atomic mass is 32.1. The van der Waals surface area contributed by atoms with Crippen molar-refractivity contribution in [2.75, 3.05) is 26.8 Å². The first kappa shape index (κ1) is 23.1. The fourth-order valence-corrected chi connectivity index (χ4v) is 4.37. The summed E-state index contributed by atoms with van der Waals surface area (Å²) in [6.07, 6.45) is -0.0666. The minimum atomic E-state index is -0.656. The van der Waals surface area contributed by atoms with Gasteiger partial charge in [0, 0.05) is 36.5 Å². The topological polar surface area (TPSA) is 81.1 Å². The lowest BCUT2D eigenvalue weighted by molar-refractivity contribution is -0.133. The number of likely N-dealkylation sites (tertiary alicyclic amines) is 1. The number of aryl methyl sites for hydroxylation is 1. The van der Waals surface area contributed by atoms with E-state index in [0.29, 0.717) is 43.2 Å². The number of hydrogen-bond acceptors (Lipinski definition) is 7. The largest absolute Gasteiger partial charge is 0.497 e. The number of aliphatic hydroxyl groups is 1. The molecule has 1 aromatic heterocycles. The third-order valence-corrected chi connectivity index (χ3v) is 6.39. The molecule has 174 valence electrons. The quantitative estimate of drug-likeness (QED) is 0.566. The van der Waals surface area contributed by atoms with Crippen LogP contribution >= 0.6 is 11.3 Å². The maximum atomic E-state index is 12.7. The Balaban J connectivity index is 1.29. The summed E-state index contributed by atoms with van der Waals surface area (Å²) < 4.78 is 16.9. The van der Waals surface area contributed by atoms with Gasteiger partial charge in [-0.2, -0.15) is 0 Å². The predicted octanol–water partition coefficient (Wildman–Crippen LogP) is 3.94. The van der Waals surface area contributed by atoms with Crippen molar-refractivity contribution < 1.29 is 24.1 Å². The molecule has 2 heterocycles. The molecule has 0 unspecified atom stereocenters. The van der Waals surface area contributed by atoms with E-state index >= 15 is 0 Å². The monoisotopic (exact) mass is 468 g/mol. The molecular weight excluding hydrogens is 440 g/mol. The number of thiazole rings is 1. The summed E-state index contributed by atoms with van der Waals surface area (Å²) in [5.74, 6) is 1.86. The molecule has 0 saturated carbocycles. The van der Waals surface area contributed by atoms with Gasteiger partial charge < -0.3 is 24.2 Å². The molecule has 1 saturated heterocycles. The molecule has 0 radical (unpaired) electrons. The Kier molecular flexibility index (Phi) is 7.47. The third kappa shape index (κ3) is 6.03. The van der Waals surface area contributed by atoms with Crippen molar-refractivity contribution in [1.29, 1.82) is 0 Å². The average molecular weight is 469 g/mol. The predicted molar refractivity (Wildman–Crippen MR) is 127 cm³/mol. The molecule has 0 aliphatic carbocycles. The Bertz CT molecular complexity index is 1070. The molecule has 2 aromatic carbocycles. The van der Waals surface area contributed by atoms with Crippen molar-refractivity contribution in [2.45, 2.75) is 32.0 Å². The molecule has 3 aromatic rings. The summed E-state index contributed by atoms with van der Waals surface area (Å²) in [6, 6.07) is 14.9. The van der Waals surface area contributed by atoms with Gasteiger partial charge in [0.2, 0.25) is 0 Å². The van der Waals surface area contributed by atoms with E-state index in [1.165, 1.54) is 0 Å². The molecule has 4 rings (SSSR count). The highest BCUT2D eigenvalue weighted by molar-refractivity contribution is 7.09. The molecule has 1 aliphatic heterocycles. The van der Waals surface area contributed by atoms with E-state index in [1.807, 2.05) is 54.8 Å². The van der Waals surface area contributed by atoms with E-state index in [0.717, 1.165) is 16.3 Å². The second-order valence-corrected chi connectivity index (χ2v) is 8.99. The molecule has 2 atom stereocenters. The summed E-state index contributed by atoms with van der Waals surface area (Å²) in [7, 11) is 1.60. The first-order valence-electron chi connectivity index (χ1n) is 10.9. The molecule has 1 amide bonds. The van der Waals surface area contributed by atoms with Gasteiger partial charge in [-0.05, 0) is 49.7 Å². The Morgan fingerprint density at radius 3 is 2.61 bits per heavy atom. The van der Waals surface area contributed by atoms with Crippen LogP contribution < -0.4 is 14.2 Å². The van der Waals surface area contributed by atoms with Gasteiger partial charge in [-0.15, -0.1) is 11.3 Å². The summed E-state index contributed by atoms with van der Waals surface area (Å²) >= 11 is 1.61. The Hall–Kier alpha value is -3.10. The fourth-order valence-electron chi connectivity index (χ4n) is 3.75. The van der Waals surface area contributed by atoms with Crippen LogP contribution in [0.2, 0.25) is 0 Å². The first-order chi connectivity index (χ1) is 16.0. The van der Waals surface area contributed by atoms with E-state index < -0.39 is 12.2 Å². The summed E-state index contributed by atoms with van der Waals surface area (Å²) in [5.41, 5.74) is 1.95. The smallest absolute Gasteiger partial charge is 0.260 e. The Morgan fingerprint density at radius 1 is 1.12 bits per heavy atom. The second-order valence-electron chi connectivity index (χ2n) is 7.93. The van der Waals surface area contributed by atoms with E-state index in [-0.39, 0.29) is 12.5 Å². The Morgan fingerprint density at radius 2 is 1.88 bits per heavy atom. The van der Waals surface area contributed by atoms with Gasteiger partial charge in [0.25, 0.3) is 5.91 Å². The minimum absolute atomic E-state index is 0.0489. The molecule has 33 heavy (non-hydrogen) atoms. The number of carbonyl (C=O) groups excluding carboxylic acids is 1. The molecule has 1 N–H and O–H groups in total. The molecular formula is C25H28N2O5S. The summed E-state index contributed by atoms with van der Waals surface area (Å²) in [4.78, 5) is 18.9. The van der Waals surface area contributed by atoms with Crippen molar-refractivity contribution in [3.8, 4) is 28.5 Å². The van der Waals surface area contributed by atoms with Gasteiger partial charge >= 0.3 is 0 Å². The number of amides is 1. The van der Waals surface area contributed by atoms with Crippen molar-refractivity contribution in [3.63, 3.8) is 0 Å². The molecule has 0 bridgehead atoms. The first-order valence-corrected chi connectivity index (χ1v) is 11.8. The van der Waals surface area contributed by atoms with E-state index in [4.69, 9.17) is 14.2 Å². The number of aliphatic hydroxyl groups excluding tert-OH is 1. The van der Waals surface area contributed by atoms with Crippen LogP contribution in [-0.2, 0) is 4.79 Å². The number of rotatable bonds is 7. The SMILES string of the molecule is COc1cccc(O[C@H]2CCN(C(=O)COc3ccc(-c4csc(C)n4)cc3)CC[C@@H]2O)c1. The minimum Gasteiger partial charge on any atom is -0.497 e. The Labute approximate surface area is 197 Å².